The van der Waals surface area contributed by atoms with E-state index in [9.17, 15) is 4.39 Å². The van der Waals surface area contributed by atoms with E-state index in [0.717, 1.165) is 17.2 Å². The summed E-state index contributed by atoms with van der Waals surface area (Å²) in [5, 5.41) is 18.9. The first-order valence-electron chi connectivity index (χ1n) is 6.42. The van der Waals surface area contributed by atoms with Crippen molar-refractivity contribution in [1.82, 2.24) is 0 Å². The molecule has 0 amide bonds. The lowest BCUT2D eigenvalue weighted by Gasteiger charge is -2.13. The number of hydrogen-bond acceptors (Lipinski definition) is 3. The molecule has 110 valence electrons. The Hall–Kier alpha value is -1.56. The summed E-state index contributed by atoms with van der Waals surface area (Å²) in [6.07, 6.45) is 0. The maximum absolute atomic E-state index is 13.4. The Morgan fingerprint density at radius 3 is 2.29 bits per heavy atom. The van der Waals surface area contributed by atoms with E-state index < -0.39 is 12.9 Å². The molecule has 0 heterocycles. The van der Waals surface area contributed by atoms with Crippen molar-refractivity contribution in [3.8, 4) is 5.75 Å². The summed E-state index contributed by atoms with van der Waals surface area (Å²) in [7, 11) is -1.71. The van der Waals surface area contributed by atoms with Crippen LogP contribution in [0.1, 0.15) is 16.7 Å². The predicted octanol–water partition coefficient (Wildman–Crippen LogP) is 2.35. The van der Waals surface area contributed by atoms with Crippen LogP contribution in [0.2, 0.25) is 5.02 Å². The van der Waals surface area contributed by atoms with Crippen LogP contribution in [0, 0.1) is 19.7 Å². The van der Waals surface area contributed by atoms with E-state index in [0.29, 0.717) is 16.3 Å². The van der Waals surface area contributed by atoms with Crippen molar-refractivity contribution in [1.29, 1.82) is 0 Å². The van der Waals surface area contributed by atoms with Gasteiger partial charge < -0.3 is 14.8 Å². The molecule has 0 aliphatic rings. The maximum Gasteiger partial charge on any atom is 0.488 e. The highest BCUT2D eigenvalue weighted by Gasteiger charge is 2.14. The molecule has 2 aromatic rings. The van der Waals surface area contributed by atoms with Crippen molar-refractivity contribution in [2.75, 3.05) is 0 Å². The van der Waals surface area contributed by atoms with Crippen LogP contribution in [0.4, 0.5) is 4.39 Å². The highest BCUT2D eigenvalue weighted by atomic mass is 35.5. The molecule has 0 spiro atoms. The number of benzene rings is 2. The molecule has 2 N–H and O–H groups in total. The summed E-state index contributed by atoms with van der Waals surface area (Å²) in [6.45, 7) is 3.88. The average molecular weight is 309 g/mol. The SMILES string of the molecule is Cc1cc(Cl)cc(C)c1OCc1cc(F)cc(B(O)O)c1. The lowest BCUT2D eigenvalue weighted by molar-refractivity contribution is 0.301. The minimum atomic E-state index is -1.71. The fourth-order valence-corrected chi connectivity index (χ4v) is 2.52. The van der Waals surface area contributed by atoms with Gasteiger partial charge in [-0.1, -0.05) is 17.7 Å². The van der Waals surface area contributed by atoms with Crippen molar-refractivity contribution in [2.45, 2.75) is 20.5 Å². The quantitative estimate of drug-likeness (QED) is 0.853. The number of hydrogen-bond donors (Lipinski definition) is 2. The van der Waals surface area contributed by atoms with Crippen molar-refractivity contribution in [3.05, 3.63) is 57.9 Å². The van der Waals surface area contributed by atoms with Gasteiger partial charge in [0, 0.05) is 5.02 Å². The second-order valence-electron chi connectivity index (χ2n) is 4.92. The molecule has 21 heavy (non-hydrogen) atoms. The van der Waals surface area contributed by atoms with Gasteiger partial charge in [0.2, 0.25) is 0 Å². The molecule has 0 aliphatic heterocycles. The van der Waals surface area contributed by atoms with Crippen LogP contribution >= 0.6 is 11.6 Å². The first-order chi connectivity index (χ1) is 9.86. The molecule has 6 heteroatoms. The van der Waals surface area contributed by atoms with Crippen molar-refractivity contribution >= 4 is 24.2 Å². The lowest BCUT2D eigenvalue weighted by atomic mass is 9.79. The molecule has 0 atom stereocenters. The average Bonchev–Trinajstić information content (AvgIpc) is 2.36. The van der Waals surface area contributed by atoms with Gasteiger partial charge in [0.05, 0.1) is 0 Å². The number of halogens is 2. The Morgan fingerprint density at radius 2 is 1.71 bits per heavy atom. The summed E-state index contributed by atoms with van der Waals surface area (Å²) < 4.78 is 19.1. The molecule has 2 aromatic carbocycles. The van der Waals surface area contributed by atoms with Crippen molar-refractivity contribution in [3.63, 3.8) is 0 Å². The van der Waals surface area contributed by atoms with E-state index in [-0.39, 0.29) is 12.1 Å². The third kappa shape index (κ3) is 3.97. The maximum atomic E-state index is 13.4. The van der Waals surface area contributed by atoms with E-state index >= 15 is 0 Å². The molecule has 0 unspecified atom stereocenters. The van der Waals surface area contributed by atoms with Gasteiger partial charge in [-0.15, -0.1) is 0 Å². The first-order valence-corrected chi connectivity index (χ1v) is 6.79. The van der Waals surface area contributed by atoms with Gasteiger partial charge in [0.15, 0.2) is 0 Å². The van der Waals surface area contributed by atoms with E-state index in [2.05, 4.69) is 0 Å². The lowest BCUT2D eigenvalue weighted by Crippen LogP contribution is -2.30. The Labute approximate surface area is 128 Å². The van der Waals surface area contributed by atoms with Gasteiger partial charge in [0.1, 0.15) is 18.2 Å². The molecular weight excluding hydrogens is 293 g/mol. The van der Waals surface area contributed by atoms with Crippen LogP contribution < -0.4 is 10.2 Å². The van der Waals surface area contributed by atoms with Crippen LogP contribution in [0.25, 0.3) is 0 Å². The standard InChI is InChI=1S/C15H15BClFO3/c1-9-3-13(17)4-10(2)15(9)21-8-11-5-12(16(19)20)7-14(18)6-11/h3-7,19-20H,8H2,1-2H3. The Bertz CT molecular complexity index is 638. The van der Waals surface area contributed by atoms with E-state index in [4.69, 9.17) is 26.4 Å². The fraction of sp³-hybridized carbons (Fsp3) is 0.200. The Morgan fingerprint density at radius 1 is 1.10 bits per heavy atom. The van der Waals surface area contributed by atoms with E-state index in [1.165, 1.54) is 12.1 Å². The topological polar surface area (TPSA) is 49.7 Å². The number of rotatable bonds is 4. The summed E-state index contributed by atoms with van der Waals surface area (Å²) in [5.74, 6) is 0.151. The minimum absolute atomic E-state index is 0.0955. The third-order valence-corrected chi connectivity index (χ3v) is 3.30. The zero-order valence-corrected chi connectivity index (χ0v) is 12.5. The normalized spacial score (nSPS) is 10.6. The molecule has 0 fully saturated rings. The molecule has 0 aromatic heterocycles. The largest absolute Gasteiger partial charge is 0.488 e. The van der Waals surface area contributed by atoms with Crippen LogP contribution in [0.15, 0.2) is 30.3 Å². The second-order valence-corrected chi connectivity index (χ2v) is 5.36. The Balaban J connectivity index is 2.21. The predicted molar refractivity (Wildman–Crippen MR) is 81.5 cm³/mol. The monoisotopic (exact) mass is 308 g/mol. The van der Waals surface area contributed by atoms with Crippen LogP contribution in [-0.2, 0) is 6.61 Å². The van der Waals surface area contributed by atoms with E-state index in [1.54, 1.807) is 12.1 Å². The van der Waals surface area contributed by atoms with Gasteiger partial charge >= 0.3 is 7.12 Å². The molecule has 0 aliphatic carbocycles. The zero-order valence-electron chi connectivity index (χ0n) is 11.7. The fourth-order valence-electron chi connectivity index (χ4n) is 2.19. The van der Waals surface area contributed by atoms with E-state index in [1.807, 2.05) is 13.8 Å². The summed E-state index contributed by atoms with van der Waals surface area (Å²) in [6, 6.07) is 7.45. The molecule has 2 rings (SSSR count). The minimum Gasteiger partial charge on any atom is -0.488 e. The highest BCUT2D eigenvalue weighted by Crippen LogP contribution is 2.27. The van der Waals surface area contributed by atoms with Crippen molar-refractivity contribution < 1.29 is 19.2 Å². The van der Waals surface area contributed by atoms with Crippen molar-refractivity contribution in [2.24, 2.45) is 0 Å². The summed E-state index contributed by atoms with van der Waals surface area (Å²) >= 11 is 5.96. The first kappa shape index (κ1) is 15.8. The Kier molecular flexibility index (Phi) is 4.88. The third-order valence-electron chi connectivity index (χ3n) is 3.09. The zero-order chi connectivity index (χ0) is 15.6. The second kappa shape index (κ2) is 6.47. The van der Waals surface area contributed by atoms with Gasteiger partial charge in [0.25, 0.3) is 0 Å². The van der Waals surface area contributed by atoms with Gasteiger partial charge in [-0.2, -0.15) is 0 Å². The van der Waals surface area contributed by atoms with Gasteiger partial charge in [-0.3, -0.25) is 0 Å². The molecule has 0 saturated carbocycles. The number of ether oxygens (including phenoxy) is 1. The molecular formula is C15H15BClFO3. The van der Waals surface area contributed by atoms with Crippen LogP contribution in [-0.4, -0.2) is 17.2 Å². The smallest absolute Gasteiger partial charge is 0.488 e. The molecule has 0 bridgehead atoms. The highest BCUT2D eigenvalue weighted by molar-refractivity contribution is 6.58. The number of aryl methyl sites for hydroxylation is 2. The van der Waals surface area contributed by atoms with Crippen LogP contribution in [0.5, 0.6) is 5.75 Å². The van der Waals surface area contributed by atoms with Crippen LogP contribution in [0.3, 0.4) is 0 Å². The molecule has 3 nitrogen and oxygen atoms in total. The summed E-state index contributed by atoms with van der Waals surface area (Å²) in [4.78, 5) is 0. The molecule has 0 radical (unpaired) electrons. The summed E-state index contributed by atoms with van der Waals surface area (Å²) in [5.41, 5.74) is 2.39. The van der Waals surface area contributed by atoms with Gasteiger partial charge in [-0.25, -0.2) is 4.39 Å². The molecule has 0 saturated heterocycles. The van der Waals surface area contributed by atoms with Gasteiger partial charge in [-0.05, 0) is 60.3 Å².